The van der Waals surface area contributed by atoms with Crippen molar-refractivity contribution in [2.75, 3.05) is 0 Å². The van der Waals surface area contributed by atoms with Crippen molar-refractivity contribution in [1.82, 2.24) is 4.57 Å². The molecule has 258 valence electrons. The first-order valence-electron chi connectivity index (χ1n) is 18.9. The van der Waals surface area contributed by atoms with E-state index < -0.39 is 0 Å². The molecule has 1 heterocycles. The van der Waals surface area contributed by atoms with Gasteiger partial charge in [-0.15, -0.1) is 0 Å². The largest absolute Gasteiger partial charge is 0.309 e. The maximum atomic E-state index is 2.37. The highest BCUT2D eigenvalue weighted by Gasteiger charge is 2.14. The molecule has 9 aromatic carbocycles. The van der Waals surface area contributed by atoms with E-state index in [1.165, 1.54) is 94.3 Å². The summed E-state index contributed by atoms with van der Waals surface area (Å²) in [6.07, 6.45) is 0. The van der Waals surface area contributed by atoms with Crippen LogP contribution in [0.25, 0.3) is 94.3 Å². The molecule has 0 bridgehead atoms. The summed E-state index contributed by atoms with van der Waals surface area (Å²) in [5.41, 5.74) is 18.1. The van der Waals surface area contributed by atoms with Gasteiger partial charge in [-0.1, -0.05) is 176 Å². The lowest BCUT2D eigenvalue weighted by Gasteiger charge is -2.13. The van der Waals surface area contributed by atoms with Crippen molar-refractivity contribution >= 4 is 21.8 Å². The van der Waals surface area contributed by atoms with Crippen molar-refractivity contribution in [1.29, 1.82) is 0 Å². The topological polar surface area (TPSA) is 4.93 Å². The molecule has 0 saturated heterocycles. The summed E-state index contributed by atoms with van der Waals surface area (Å²) in [7, 11) is 0. The Kier molecular flexibility index (Phi) is 8.24. The van der Waals surface area contributed by atoms with E-state index >= 15 is 0 Å². The Morgan fingerprint density at radius 3 is 1.00 bits per heavy atom. The Morgan fingerprint density at radius 1 is 0.200 bits per heavy atom. The van der Waals surface area contributed by atoms with Crippen molar-refractivity contribution < 1.29 is 0 Å². The average Bonchev–Trinajstić information content (AvgIpc) is 3.61. The van der Waals surface area contributed by atoms with Crippen LogP contribution in [0.5, 0.6) is 0 Å². The Labute approximate surface area is 322 Å². The van der Waals surface area contributed by atoms with Gasteiger partial charge in [0.1, 0.15) is 0 Å². The predicted molar refractivity (Wildman–Crippen MR) is 233 cm³/mol. The molecule has 0 N–H and O–H groups in total. The van der Waals surface area contributed by atoms with E-state index in [-0.39, 0.29) is 0 Å². The predicted octanol–water partition coefficient (Wildman–Crippen LogP) is 14.8. The van der Waals surface area contributed by atoms with Crippen LogP contribution in [0.2, 0.25) is 0 Å². The van der Waals surface area contributed by atoms with Crippen LogP contribution < -0.4 is 0 Å². The number of hydrogen-bond acceptors (Lipinski definition) is 0. The zero-order valence-corrected chi connectivity index (χ0v) is 30.3. The molecule has 0 atom stereocenters. The summed E-state index contributed by atoms with van der Waals surface area (Å²) in [5, 5.41) is 2.52. The molecule has 10 aromatic rings. The zero-order chi connectivity index (χ0) is 36.6. The van der Waals surface area contributed by atoms with E-state index in [2.05, 4.69) is 229 Å². The van der Waals surface area contributed by atoms with E-state index in [0.29, 0.717) is 0 Å². The number of nitrogens with zero attached hydrogens (tertiary/aromatic N) is 1. The van der Waals surface area contributed by atoms with E-state index in [1.54, 1.807) is 0 Å². The second-order valence-corrected chi connectivity index (χ2v) is 14.2. The molecule has 0 radical (unpaired) electrons. The molecule has 0 unspecified atom stereocenters. The number of aromatic nitrogens is 1. The van der Waals surface area contributed by atoms with Gasteiger partial charge in [-0.3, -0.25) is 0 Å². The second kappa shape index (κ2) is 14.0. The third kappa shape index (κ3) is 6.22. The van der Waals surface area contributed by atoms with Crippen molar-refractivity contribution in [3.63, 3.8) is 0 Å². The lowest BCUT2D eigenvalue weighted by molar-refractivity contribution is 1.18. The van der Waals surface area contributed by atoms with Gasteiger partial charge in [-0.2, -0.15) is 0 Å². The third-order valence-electron chi connectivity index (χ3n) is 10.8. The molecule has 0 aliphatic carbocycles. The molecule has 55 heavy (non-hydrogen) atoms. The maximum Gasteiger partial charge on any atom is 0.0541 e. The lowest BCUT2D eigenvalue weighted by Crippen LogP contribution is -1.92. The lowest BCUT2D eigenvalue weighted by atomic mass is 9.91. The number of rotatable bonds is 7. The molecule has 0 aliphatic rings. The standard InChI is InChI=1S/C54H37N/c1-4-12-38(13-5-1)40-20-26-43(27-21-40)47-34-48(44-28-22-41(23-29-44)39-14-6-2-7-15-39)36-49(35-47)45-30-24-42(25-31-45)46-32-33-54-52(37-46)51-18-10-11-19-53(51)55(54)50-16-8-3-9-17-50/h1-37H. The highest BCUT2D eigenvalue weighted by molar-refractivity contribution is 6.10. The fourth-order valence-corrected chi connectivity index (χ4v) is 7.96. The first-order valence-corrected chi connectivity index (χ1v) is 18.9. The Morgan fingerprint density at radius 2 is 0.527 bits per heavy atom. The quantitative estimate of drug-likeness (QED) is 0.156. The summed E-state index contributed by atoms with van der Waals surface area (Å²) in [5.74, 6) is 0. The number of para-hydroxylation sites is 2. The van der Waals surface area contributed by atoms with Crippen LogP contribution in [0.3, 0.4) is 0 Å². The number of fused-ring (bicyclic) bond motifs is 3. The van der Waals surface area contributed by atoms with Crippen molar-refractivity contribution in [3.05, 3.63) is 224 Å². The summed E-state index contributed by atoms with van der Waals surface area (Å²) in [4.78, 5) is 0. The highest BCUT2D eigenvalue weighted by atomic mass is 15.0. The molecule has 0 spiro atoms. The van der Waals surface area contributed by atoms with Crippen LogP contribution in [0.1, 0.15) is 0 Å². The number of benzene rings is 9. The van der Waals surface area contributed by atoms with Gasteiger partial charge >= 0.3 is 0 Å². The van der Waals surface area contributed by atoms with Gasteiger partial charge in [0.2, 0.25) is 0 Å². The van der Waals surface area contributed by atoms with E-state index in [4.69, 9.17) is 0 Å². The minimum Gasteiger partial charge on any atom is -0.309 e. The summed E-state index contributed by atoms with van der Waals surface area (Å²) < 4.78 is 2.37. The van der Waals surface area contributed by atoms with Gasteiger partial charge in [0, 0.05) is 16.5 Å². The first-order chi connectivity index (χ1) is 27.2. The van der Waals surface area contributed by atoms with E-state index in [0.717, 1.165) is 0 Å². The second-order valence-electron chi connectivity index (χ2n) is 14.2. The molecular formula is C54H37N. The minimum atomic E-state index is 1.17. The molecule has 10 rings (SSSR count). The van der Waals surface area contributed by atoms with Gasteiger partial charge in [0.15, 0.2) is 0 Å². The van der Waals surface area contributed by atoms with Crippen LogP contribution in [0.15, 0.2) is 224 Å². The maximum absolute atomic E-state index is 2.37. The SMILES string of the molecule is c1ccc(-c2ccc(-c3cc(-c4ccc(-c5ccccc5)cc4)cc(-c4ccc(-c5ccc6c(c5)c5ccccc5n6-c5ccccc5)cc4)c3)cc2)cc1. The fourth-order valence-electron chi connectivity index (χ4n) is 7.96. The van der Waals surface area contributed by atoms with Crippen LogP contribution in [0.4, 0.5) is 0 Å². The van der Waals surface area contributed by atoms with Crippen LogP contribution in [0, 0.1) is 0 Å². The van der Waals surface area contributed by atoms with E-state index in [9.17, 15) is 0 Å². The van der Waals surface area contributed by atoms with Gasteiger partial charge in [-0.05, 0) is 115 Å². The zero-order valence-electron chi connectivity index (χ0n) is 30.3. The van der Waals surface area contributed by atoms with Crippen molar-refractivity contribution in [2.45, 2.75) is 0 Å². The normalized spacial score (nSPS) is 11.3. The molecule has 0 amide bonds. The smallest absolute Gasteiger partial charge is 0.0541 e. The van der Waals surface area contributed by atoms with Gasteiger partial charge < -0.3 is 4.57 Å². The fraction of sp³-hybridized carbons (Fsp3) is 0. The highest BCUT2D eigenvalue weighted by Crippen LogP contribution is 2.38. The van der Waals surface area contributed by atoms with Crippen LogP contribution >= 0.6 is 0 Å². The summed E-state index contributed by atoms with van der Waals surface area (Å²) >= 11 is 0. The Hall–Kier alpha value is -7.22. The summed E-state index contributed by atoms with van der Waals surface area (Å²) in [6.45, 7) is 0. The molecule has 1 aromatic heterocycles. The Balaban J connectivity index is 1.03. The van der Waals surface area contributed by atoms with Crippen LogP contribution in [-0.2, 0) is 0 Å². The molecule has 1 heteroatoms. The van der Waals surface area contributed by atoms with E-state index in [1.807, 2.05) is 0 Å². The average molecular weight is 700 g/mol. The Bertz CT molecular complexity index is 2800. The van der Waals surface area contributed by atoms with Crippen molar-refractivity contribution in [3.8, 4) is 72.4 Å². The first kappa shape index (κ1) is 32.4. The monoisotopic (exact) mass is 699 g/mol. The summed E-state index contributed by atoms with van der Waals surface area (Å²) in [6, 6.07) is 81.4. The molecule has 1 nitrogen and oxygen atoms in total. The van der Waals surface area contributed by atoms with Crippen molar-refractivity contribution in [2.24, 2.45) is 0 Å². The van der Waals surface area contributed by atoms with Crippen LogP contribution in [-0.4, -0.2) is 4.57 Å². The minimum absolute atomic E-state index is 1.17. The van der Waals surface area contributed by atoms with Gasteiger partial charge in [0.05, 0.1) is 11.0 Å². The molecular weight excluding hydrogens is 663 g/mol. The molecule has 0 fully saturated rings. The molecule has 0 aliphatic heterocycles. The number of hydrogen-bond donors (Lipinski definition) is 0. The van der Waals surface area contributed by atoms with Gasteiger partial charge in [-0.25, -0.2) is 0 Å². The third-order valence-corrected chi connectivity index (χ3v) is 10.8. The van der Waals surface area contributed by atoms with Gasteiger partial charge in [0.25, 0.3) is 0 Å². The molecule has 0 saturated carbocycles.